The number of aliphatic hydroxyl groups excluding tert-OH is 1. The summed E-state index contributed by atoms with van der Waals surface area (Å²) in [4.78, 5) is 11.1. The molecule has 1 heterocycles. The van der Waals surface area contributed by atoms with Crippen molar-refractivity contribution in [3.8, 4) is 0 Å². The van der Waals surface area contributed by atoms with Crippen LogP contribution in [-0.2, 0) is 9.53 Å². The van der Waals surface area contributed by atoms with Crippen molar-refractivity contribution in [3.05, 3.63) is 23.8 Å². The first-order chi connectivity index (χ1) is 7.22. The Balaban J connectivity index is 2.39. The summed E-state index contributed by atoms with van der Waals surface area (Å²) in [6.07, 6.45) is -1.28. The van der Waals surface area contributed by atoms with Crippen LogP contribution in [0, 0.1) is 0 Å². The van der Waals surface area contributed by atoms with E-state index in [1.807, 2.05) is 0 Å². The summed E-state index contributed by atoms with van der Waals surface area (Å²) in [5.74, 6) is -0.696. The first-order valence-electron chi connectivity index (χ1n) is 4.28. The topological polar surface area (TPSA) is 88.1 Å². The highest BCUT2D eigenvalue weighted by atomic mass is 16.5. The van der Waals surface area contributed by atoms with Crippen molar-refractivity contribution in [2.75, 3.05) is 7.11 Å². The van der Waals surface area contributed by atoms with Gasteiger partial charge in [0.2, 0.25) is 0 Å². The number of aromatic amines is 1. The largest absolute Gasteiger partial charge is 0.467 e. The lowest BCUT2D eigenvalue weighted by molar-refractivity contribution is -0.150. The highest BCUT2D eigenvalue weighted by molar-refractivity contribution is 5.80. The molecule has 6 heteroatoms. The normalized spacial score (nSPS) is 12.7. The monoisotopic (exact) mass is 207 g/mol. The van der Waals surface area contributed by atoms with Gasteiger partial charge in [-0.15, -0.1) is 0 Å². The Labute approximate surface area is 84.9 Å². The predicted octanol–water partition coefficient (Wildman–Crippen LogP) is 0.164. The molecule has 0 amide bonds. The van der Waals surface area contributed by atoms with Gasteiger partial charge in [0.15, 0.2) is 6.10 Å². The predicted molar refractivity (Wildman–Crippen MR) is 50.9 cm³/mol. The molecule has 0 spiro atoms. The Kier molecular flexibility index (Phi) is 2.34. The fraction of sp³-hybridized carbons (Fsp3) is 0.222. The molecule has 0 aliphatic heterocycles. The number of benzene rings is 1. The summed E-state index contributed by atoms with van der Waals surface area (Å²) in [5, 5.41) is 19.7. The van der Waals surface area contributed by atoms with Gasteiger partial charge in [0, 0.05) is 0 Å². The molecule has 1 unspecified atom stereocenters. The number of esters is 1. The minimum atomic E-state index is -1.28. The SMILES string of the molecule is COC(=O)C(O)c1ccc2n[nH]nc2c1. The summed E-state index contributed by atoms with van der Waals surface area (Å²) in [7, 11) is 1.22. The maximum Gasteiger partial charge on any atom is 0.339 e. The molecule has 0 aliphatic carbocycles. The lowest BCUT2D eigenvalue weighted by Gasteiger charge is -2.07. The first kappa shape index (κ1) is 9.60. The number of nitrogens with one attached hydrogen (secondary N) is 1. The Bertz CT molecular complexity index is 494. The van der Waals surface area contributed by atoms with E-state index in [2.05, 4.69) is 20.1 Å². The van der Waals surface area contributed by atoms with E-state index < -0.39 is 12.1 Å². The van der Waals surface area contributed by atoms with Crippen LogP contribution in [0.1, 0.15) is 11.7 Å². The zero-order chi connectivity index (χ0) is 10.8. The molecule has 0 radical (unpaired) electrons. The number of hydrogen-bond donors (Lipinski definition) is 2. The number of carbonyl (C=O) groups excluding carboxylic acids is 1. The molecule has 78 valence electrons. The zero-order valence-corrected chi connectivity index (χ0v) is 7.97. The number of aromatic nitrogens is 3. The van der Waals surface area contributed by atoms with Crippen molar-refractivity contribution >= 4 is 17.0 Å². The lowest BCUT2D eigenvalue weighted by Crippen LogP contribution is -2.13. The third-order valence-electron chi connectivity index (χ3n) is 2.08. The van der Waals surface area contributed by atoms with Gasteiger partial charge in [-0.1, -0.05) is 6.07 Å². The van der Waals surface area contributed by atoms with E-state index in [0.29, 0.717) is 16.6 Å². The quantitative estimate of drug-likeness (QED) is 0.685. The molecule has 0 aliphatic rings. The number of rotatable bonds is 2. The van der Waals surface area contributed by atoms with Gasteiger partial charge in [0.05, 0.1) is 7.11 Å². The van der Waals surface area contributed by atoms with Crippen LogP contribution >= 0.6 is 0 Å². The smallest absolute Gasteiger partial charge is 0.339 e. The van der Waals surface area contributed by atoms with E-state index in [-0.39, 0.29) is 0 Å². The van der Waals surface area contributed by atoms with E-state index in [9.17, 15) is 9.90 Å². The molecule has 15 heavy (non-hydrogen) atoms. The van der Waals surface area contributed by atoms with Gasteiger partial charge < -0.3 is 9.84 Å². The Hall–Kier alpha value is -1.95. The third-order valence-corrected chi connectivity index (χ3v) is 2.08. The third kappa shape index (κ3) is 1.66. The van der Waals surface area contributed by atoms with Crippen molar-refractivity contribution in [2.45, 2.75) is 6.10 Å². The van der Waals surface area contributed by atoms with Gasteiger partial charge >= 0.3 is 5.97 Å². The number of nitrogens with zero attached hydrogens (tertiary/aromatic N) is 2. The van der Waals surface area contributed by atoms with E-state index in [4.69, 9.17) is 0 Å². The summed E-state index contributed by atoms with van der Waals surface area (Å²) in [5.41, 5.74) is 1.70. The summed E-state index contributed by atoms with van der Waals surface area (Å²) >= 11 is 0. The number of fused-ring (bicyclic) bond motifs is 1. The Morgan fingerprint density at radius 2 is 2.20 bits per heavy atom. The maximum atomic E-state index is 11.1. The molecule has 0 saturated heterocycles. The van der Waals surface area contributed by atoms with Crippen molar-refractivity contribution in [3.63, 3.8) is 0 Å². The summed E-state index contributed by atoms with van der Waals surface area (Å²) in [6.45, 7) is 0. The standard InChI is InChI=1S/C9H9N3O3/c1-15-9(14)8(13)5-2-3-6-7(4-5)11-12-10-6/h2-4,8,13H,1H3,(H,10,11,12). The summed E-state index contributed by atoms with van der Waals surface area (Å²) in [6, 6.07) is 4.85. The van der Waals surface area contributed by atoms with Gasteiger partial charge in [0.1, 0.15) is 11.0 Å². The molecule has 6 nitrogen and oxygen atoms in total. The van der Waals surface area contributed by atoms with Gasteiger partial charge in [-0.3, -0.25) is 0 Å². The van der Waals surface area contributed by atoms with Crippen molar-refractivity contribution < 1.29 is 14.6 Å². The van der Waals surface area contributed by atoms with Crippen molar-refractivity contribution in [1.29, 1.82) is 0 Å². The van der Waals surface area contributed by atoms with E-state index in [1.165, 1.54) is 7.11 Å². The van der Waals surface area contributed by atoms with Gasteiger partial charge in [-0.25, -0.2) is 4.79 Å². The van der Waals surface area contributed by atoms with Crippen LogP contribution in [0.15, 0.2) is 18.2 Å². The number of carbonyl (C=O) groups is 1. The van der Waals surface area contributed by atoms with Gasteiger partial charge in [-0.2, -0.15) is 15.4 Å². The molecule has 0 fully saturated rings. The van der Waals surface area contributed by atoms with Crippen molar-refractivity contribution in [2.24, 2.45) is 0 Å². The number of H-pyrrole nitrogens is 1. The Morgan fingerprint density at radius 1 is 1.47 bits per heavy atom. The molecule has 2 rings (SSSR count). The summed E-state index contributed by atoms with van der Waals surface area (Å²) < 4.78 is 4.43. The molecular formula is C9H9N3O3. The highest BCUT2D eigenvalue weighted by Gasteiger charge is 2.18. The zero-order valence-electron chi connectivity index (χ0n) is 7.97. The van der Waals surface area contributed by atoms with E-state index >= 15 is 0 Å². The van der Waals surface area contributed by atoms with Crippen LogP contribution in [-0.4, -0.2) is 33.6 Å². The first-order valence-corrected chi connectivity index (χ1v) is 4.28. The molecule has 0 bridgehead atoms. The van der Waals surface area contributed by atoms with E-state index in [0.717, 1.165) is 0 Å². The number of aliphatic hydroxyl groups is 1. The lowest BCUT2D eigenvalue weighted by atomic mass is 10.1. The molecule has 1 aromatic heterocycles. The van der Waals surface area contributed by atoms with Crippen LogP contribution in [0.5, 0.6) is 0 Å². The molecule has 2 aromatic rings. The van der Waals surface area contributed by atoms with Crippen molar-refractivity contribution in [1.82, 2.24) is 15.4 Å². The molecule has 1 aromatic carbocycles. The second-order valence-corrected chi connectivity index (χ2v) is 3.00. The second kappa shape index (κ2) is 3.66. The van der Waals surface area contributed by atoms with Crippen LogP contribution in [0.2, 0.25) is 0 Å². The molecule has 1 atom stereocenters. The number of methoxy groups -OCH3 is 1. The minimum absolute atomic E-state index is 0.434. The van der Waals surface area contributed by atoms with Crippen LogP contribution in [0.4, 0.5) is 0 Å². The fourth-order valence-electron chi connectivity index (χ4n) is 1.28. The van der Waals surface area contributed by atoms with Gasteiger partial charge in [-0.05, 0) is 17.7 Å². The minimum Gasteiger partial charge on any atom is -0.467 e. The highest BCUT2D eigenvalue weighted by Crippen LogP contribution is 2.18. The van der Waals surface area contributed by atoms with Crippen LogP contribution < -0.4 is 0 Å². The fourth-order valence-corrected chi connectivity index (χ4v) is 1.28. The second-order valence-electron chi connectivity index (χ2n) is 3.00. The van der Waals surface area contributed by atoms with E-state index in [1.54, 1.807) is 18.2 Å². The average molecular weight is 207 g/mol. The maximum absolute atomic E-state index is 11.1. The van der Waals surface area contributed by atoms with Crippen LogP contribution in [0.3, 0.4) is 0 Å². The van der Waals surface area contributed by atoms with Crippen LogP contribution in [0.25, 0.3) is 11.0 Å². The number of ether oxygens (including phenoxy) is 1. The molecular weight excluding hydrogens is 198 g/mol. The average Bonchev–Trinajstić information content (AvgIpc) is 2.73. The Morgan fingerprint density at radius 3 is 2.93 bits per heavy atom. The molecule has 0 saturated carbocycles. The van der Waals surface area contributed by atoms with Gasteiger partial charge in [0.25, 0.3) is 0 Å². The molecule has 2 N–H and O–H groups in total. The number of hydrogen-bond acceptors (Lipinski definition) is 5.